The number of fused-ring (bicyclic) bond motifs is 1. The van der Waals surface area contributed by atoms with E-state index in [-0.39, 0.29) is 0 Å². The lowest BCUT2D eigenvalue weighted by Crippen LogP contribution is -2.09. The SMILES string of the molecule is Brc1ccc2ccn(CCNc3ccccc3Br)c2c1. The topological polar surface area (TPSA) is 17.0 Å². The van der Waals surface area contributed by atoms with Crippen LogP contribution >= 0.6 is 31.9 Å². The van der Waals surface area contributed by atoms with E-state index in [0.29, 0.717) is 0 Å². The lowest BCUT2D eigenvalue weighted by Gasteiger charge is -2.10. The first kappa shape index (κ1) is 13.7. The quantitative estimate of drug-likeness (QED) is 0.638. The molecule has 0 atom stereocenters. The molecular weight excluding hydrogens is 380 g/mol. The Hall–Kier alpha value is -1.26. The second kappa shape index (κ2) is 6.02. The molecule has 1 aromatic heterocycles. The van der Waals surface area contributed by atoms with E-state index in [4.69, 9.17) is 0 Å². The molecule has 0 amide bonds. The molecule has 0 spiro atoms. The van der Waals surface area contributed by atoms with Gasteiger partial charge in [0.1, 0.15) is 0 Å². The van der Waals surface area contributed by atoms with Gasteiger partial charge in [-0.25, -0.2) is 0 Å². The van der Waals surface area contributed by atoms with Crippen molar-refractivity contribution in [1.29, 1.82) is 0 Å². The predicted molar refractivity (Wildman–Crippen MR) is 92.3 cm³/mol. The molecule has 102 valence electrons. The number of para-hydroxylation sites is 1. The van der Waals surface area contributed by atoms with Crippen LogP contribution in [0.25, 0.3) is 10.9 Å². The molecule has 20 heavy (non-hydrogen) atoms. The summed E-state index contributed by atoms with van der Waals surface area (Å²) >= 11 is 7.08. The minimum Gasteiger partial charge on any atom is -0.382 e. The molecular formula is C16H14Br2N2. The van der Waals surface area contributed by atoms with Crippen LogP contribution in [0.5, 0.6) is 0 Å². The van der Waals surface area contributed by atoms with Crippen molar-refractivity contribution in [3.8, 4) is 0 Å². The lowest BCUT2D eigenvalue weighted by atomic mass is 10.2. The molecule has 2 aromatic carbocycles. The third-order valence-corrected chi connectivity index (χ3v) is 4.46. The third-order valence-electron chi connectivity index (χ3n) is 3.28. The highest BCUT2D eigenvalue weighted by atomic mass is 79.9. The van der Waals surface area contributed by atoms with E-state index >= 15 is 0 Å². The average Bonchev–Trinajstić information content (AvgIpc) is 2.83. The molecule has 0 bridgehead atoms. The van der Waals surface area contributed by atoms with Crippen molar-refractivity contribution in [2.75, 3.05) is 11.9 Å². The zero-order chi connectivity index (χ0) is 13.9. The van der Waals surface area contributed by atoms with E-state index in [9.17, 15) is 0 Å². The predicted octanol–water partition coefficient (Wildman–Crippen LogP) is 5.28. The van der Waals surface area contributed by atoms with Gasteiger partial charge in [0.15, 0.2) is 0 Å². The monoisotopic (exact) mass is 392 g/mol. The largest absolute Gasteiger partial charge is 0.382 e. The summed E-state index contributed by atoms with van der Waals surface area (Å²) in [6.07, 6.45) is 2.14. The van der Waals surface area contributed by atoms with Crippen LogP contribution in [0, 0.1) is 0 Å². The van der Waals surface area contributed by atoms with Crippen LogP contribution in [0.15, 0.2) is 63.7 Å². The van der Waals surface area contributed by atoms with E-state index < -0.39 is 0 Å². The molecule has 1 N–H and O–H groups in total. The average molecular weight is 394 g/mol. The van der Waals surface area contributed by atoms with Gasteiger partial charge in [-0.05, 0) is 51.6 Å². The van der Waals surface area contributed by atoms with Gasteiger partial charge in [-0.15, -0.1) is 0 Å². The Labute approximate surface area is 135 Å². The number of nitrogens with one attached hydrogen (secondary N) is 1. The van der Waals surface area contributed by atoms with Crippen LogP contribution in [0.3, 0.4) is 0 Å². The van der Waals surface area contributed by atoms with Gasteiger partial charge in [0.05, 0.1) is 0 Å². The highest BCUT2D eigenvalue weighted by Crippen LogP contribution is 2.22. The summed E-state index contributed by atoms with van der Waals surface area (Å²) < 4.78 is 4.48. The molecule has 3 rings (SSSR count). The van der Waals surface area contributed by atoms with E-state index in [1.54, 1.807) is 0 Å². The lowest BCUT2D eigenvalue weighted by molar-refractivity contribution is 0.757. The van der Waals surface area contributed by atoms with Crippen LogP contribution in [0.4, 0.5) is 5.69 Å². The minimum atomic E-state index is 0.888. The molecule has 0 fully saturated rings. The molecule has 0 unspecified atom stereocenters. The molecule has 0 aliphatic carbocycles. The van der Waals surface area contributed by atoms with Crippen LogP contribution in [0.1, 0.15) is 0 Å². The summed E-state index contributed by atoms with van der Waals surface area (Å²) in [4.78, 5) is 0. The fraction of sp³-hybridized carbons (Fsp3) is 0.125. The van der Waals surface area contributed by atoms with Crippen molar-refractivity contribution in [3.05, 3.63) is 63.7 Å². The van der Waals surface area contributed by atoms with Gasteiger partial charge in [-0.2, -0.15) is 0 Å². The minimum absolute atomic E-state index is 0.888. The number of aromatic nitrogens is 1. The molecule has 0 radical (unpaired) electrons. The number of halogens is 2. The van der Waals surface area contributed by atoms with Crippen molar-refractivity contribution in [3.63, 3.8) is 0 Å². The molecule has 0 aliphatic rings. The summed E-state index contributed by atoms with van der Waals surface area (Å²) in [5.74, 6) is 0. The number of rotatable bonds is 4. The van der Waals surface area contributed by atoms with Crippen molar-refractivity contribution in [2.24, 2.45) is 0 Å². The van der Waals surface area contributed by atoms with Gasteiger partial charge in [0, 0.05) is 39.4 Å². The van der Waals surface area contributed by atoms with Crippen molar-refractivity contribution in [1.82, 2.24) is 4.57 Å². The highest BCUT2D eigenvalue weighted by Gasteiger charge is 2.02. The number of benzene rings is 2. The molecule has 4 heteroatoms. The zero-order valence-electron chi connectivity index (χ0n) is 10.8. The maximum Gasteiger partial charge on any atom is 0.0492 e. The van der Waals surface area contributed by atoms with Gasteiger partial charge >= 0.3 is 0 Å². The van der Waals surface area contributed by atoms with Crippen LogP contribution in [0.2, 0.25) is 0 Å². The van der Waals surface area contributed by atoms with Crippen LogP contribution in [-0.2, 0) is 6.54 Å². The summed E-state index contributed by atoms with van der Waals surface area (Å²) in [5.41, 5.74) is 2.39. The fourth-order valence-electron chi connectivity index (χ4n) is 2.27. The second-order valence-corrected chi connectivity index (χ2v) is 6.39. The van der Waals surface area contributed by atoms with Gasteiger partial charge in [0.25, 0.3) is 0 Å². The smallest absolute Gasteiger partial charge is 0.0492 e. The Balaban J connectivity index is 1.71. The van der Waals surface area contributed by atoms with Crippen molar-refractivity contribution >= 4 is 48.5 Å². The van der Waals surface area contributed by atoms with Gasteiger partial charge in [-0.3, -0.25) is 0 Å². The van der Waals surface area contributed by atoms with Crippen molar-refractivity contribution in [2.45, 2.75) is 6.54 Å². The highest BCUT2D eigenvalue weighted by molar-refractivity contribution is 9.10. The maximum absolute atomic E-state index is 3.55. The third kappa shape index (κ3) is 2.91. The Morgan fingerprint density at radius 1 is 1.00 bits per heavy atom. The molecule has 0 saturated carbocycles. The number of anilines is 1. The van der Waals surface area contributed by atoms with Gasteiger partial charge in [0.2, 0.25) is 0 Å². The van der Waals surface area contributed by atoms with E-state index in [2.05, 4.69) is 78.3 Å². The molecule has 0 saturated heterocycles. The van der Waals surface area contributed by atoms with Crippen LogP contribution < -0.4 is 5.32 Å². The molecule has 1 heterocycles. The molecule has 3 aromatic rings. The number of nitrogens with zero attached hydrogens (tertiary/aromatic N) is 1. The molecule has 0 aliphatic heterocycles. The maximum atomic E-state index is 3.55. The zero-order valence-corrected chi connectivity index (χ0v) is 14.0. The van der Waals surface area contributed by atoms with E-state index in [0.717, 1.165) is 27.7 Å². The summed E-state index contributed by atoms with van der Waals surface area (Å²) in [6, 6.07) is 16.7. The number of hydrogen-bond donors (Lipinski definition) is 1. The first-order chi connectivity index (χ1) is 9.74. The summed E-state index contributed by atoms with van der Waals surface area (Å²) in [5, 5.41) is 4.72. The van der Waals surface area contributed by atoms with Crippen LogP contribution in [-0.4, -0.2) is 11.1 Å². The standard InChI is InChI=1S/C16H14Br2N2/c17-13-6-5-12-7-9-20(16(12)11-13)10-8-19-15-4-2-1-3-14(15)18/h1-7,9,11,19H,8,10H2. The normalized spacial score (nSPS) is 10.9. The van der Waals surface area contributed by atoms with E-state index in [1.807, 2.05) is 18.2 Å². The fourth-order valence-corrected chi connectivity index (χ4v) is 3.04. The second-order valence-electron chi connectivity index (χ2n) is 4.62. The van der Waals surface area contributed by atoms with Crippen molar-refractivity contribution < 1.29 is 0 Å². The van der Waals surface area contributed by atoms with E-state index in [1.165, 1.54) is 10.9 Å². The summed E-state index contributed by atoms with van der Waals surface area (Å²) in [7, 11) is 0. The molecule has 2 nitrogen and oxygen atoms in total. The Morgan fingerprint density at radius 2 is 1.85 bits per heavy atom. The number of hydrogen-bond acceptors (Lipinski definition) is 1. The summed E-state index contributed by atoms with van der Waals surface area (Å²) in [6.45, 7) is 1.82. The first-order valence-electron chi connectivity index (χ1n) is 6.47. The Bertz CT molecular complexity index is 734. The first-order valence-corrected chi connectivity index (χ1v) is 8.05. The Morgan fingerprint density at radius 3 is 2.70 bits per heavy atom. The Kier molecular flexibility index (Phi) is 4.13. The van der Waals surface area contributed by atoms with Gasteiger partial charge in [-0.1, -0.05) is 34.1 Å². The van der Waals surface area contributed by atoms with Gasteiger partial charge < -0.3 is 9.88 Å².